The minimum Gasteiger partial charge on any atom is -0.519 e. The second-order valence-corrected chi connectivity index (χ2v) is 11.8. The zero-order valence-electron chi connectivity index (χ0n) is 15.1. The Morgan fingerprint density at radius 1 is 1.00 bits per heavy atom. The van der Waals surface area contributed by atoms with Gasteiger partial charge in [0.2, 0.25) is 0 Å². The van der Waals surface area contributed by atoms with E-state index in [4.69, 9.17) is 4.43 Å². The molecule has 0 spiro atoms. The Kier molecular flexibility index (Phi) is 6.46. The van der Waals surface area contributed by atoms with Gasteiger partial charge in [0.25, 0.3) is 14.3 Å². The van der Waals surface area contributed by atoms with Crippen molar-refractivity contribution in [1.82, 2.24) is 0 Å². The van der Waals surface area contributed by atoms with Crippen LogP contribution in [-0.4, -0.2) is 14.3 Å². The molecule has 128 valence electrons. The lowest BCUT2D eigenvalue weighted by Gasteiger charge is -2.39. The van der Waals surface area contributed by atoms with E-state index < -0.39 is 8.32 Å². The van der Waals surface area contributed by atoms with Crippen LogP contribution in [0.4, 0.5) is 0 Å². The fourth-order valence-corrected chi connectivity index (χ4v) is 6.48. The van der Waals surface area contributed by atoms with E-state index in [2.05, 4.69) is 45.0 Å². The van der Waals surface area contributed by atoms with Crippen molar-refractivity contribution >= 4 is 14.3 Å². The Labute approximate surface area is 142 Å². The van der Waals surface area contributed by atoms with Gasteiger partial charge in [0, 0.05) is 0 Å². The molecule has 3 heteroatoms. The Hall–Kier alpha value is -1.09. The van der Waals surface area contributed by atoms with E-state index in [1.165, 1.54) is 12.0 Å². The first-order valence-electron chi connectivity index (χ1n) is 9.37. The highest BCUT2D eigenvalue weighted by Crippen LogP contribution is 2.42. The number of benzene rings is 1. The van der Waals surface area contributed by atoms with E-state index in [1.54, 1.807) is 0 Å². The molecule has 0 unspecified atom stereocenters. The molecule has 0 aromatic heterocycles. The second kappa shape index (κ2) is 8.14. The van der Waals surface area contributed by atoms with Gasteiger partial charge in [0.1, 0.15) is 0 Å². The monoisotopic (exact) mass is 332 g/mol. The summed E-state index contributed by atoms with van der Waals surface area (Å²) in [6.45, 7) is 6.58. The minimum absolute atomic E-state index is 0.110. The molecule has 0 amide bonds. The van der Waals surface area contributed by atoms with E-state index in [1.807, 2.05) is 6.07 Å². The molecular weight excluding hydrogens is 300 g/mol. The van der Waals surface area contributed by atoms with Gasteiger partial charge < -0.3 is 4.43 Å². The van der Waals surface area contributed by atoms with Crippen LogP contribution in [0.2, 0.25) is 18.1 Å². The summed E-state index contributed by atoms with van der Waals surface area (Å²) < 4.78 is 6.30. The van der Waals surface area contributed by atoms with Gasteiger partial charge in [-0.1, -0.05) is 70.4 Å². The van der Waals surface area contributed by atoms with Crippen LogP contribution < -0.4 is 0 Å². The van der Waals surface area contributed by atoms with Gasteiger partial charge >= 0.3 is 0 Å². The molecule has 0 radical (unpaired) electrons. The molecule has 2 nitrogen and oxygen atoms in total. The molecule has 1 aliphatic carbocycles. The fourth-order valence-electron chi connectivity index (χ4n) is 3.94. The molecule has 1 saturated carbocycles. The number of carbonyl (C=O) groups is 1. The molecular formula is C20H32O2Si. The number of rotatable bonds is 7. The fraction of sp³-hybridized carbons (Fsp3) is 0.650. The van der Waals surface area contributed by atoms with Gasteiger partial charge in [0.15, 0.2) is 0 Å². The van der Waals surface area contributed by atoms with Crippen LogP contribution in [0.25, 0.3) is 0 Å². The van der Waals surface area contributed by atoms with Crippen LogP contribution in [0, 0.1) is 5.41 Å². The molecule has 0 atom stereocenters. The third-order valence-corrected chi connectivity index (χ3v) is 10.4. The average Bonchev–Trinajstić information content (AvgIpc) is 2.61. The summed E-state index contributed by atoms with van der Waals surface area (Å²) in [6, 6.07) is 13.6. The number of carbonyl (C=O) groups excluding carboxylic acids is 1. The molecule has 1 aliphatic rings. The van der Waals surface area contributed by atoms with Gasteiger partial charge in [-0.3, -0.25) is 4.79 Å². The largest absolute Gasteiger partial charge is 0.519 e. The Morgan fingerprint density at radius 3 is 2.09 bits per heavy atom. The van der Waals surface area contributed by atoms with Crippen LogP contribution in [0.1, 0.15) is 58.4 Å². The predicted octanol–water partition coefficient (Wildman–Crippen LogP) is 5.73. The molecule has 1 fully saturated rings. The summed E-state index contributed by atoms with van der Waals surface area (Å²) in [5.74, 6) is 0.110. The molecule has 0 heterocycles. The molecule has 23 heavy (non-hydrogen) atoms. The standard InChI is InChI=1S/C20H32O2Si/c1-4-23(5-2,6-3)22-19(21)20(15-11-8-12-16-20)17-18-13-9-7-10-14-18/h7,9-10,13-14H,4-6,8,11-12,15-17H2,1-3H3. The number of hydrogen-bond donors (Lipinski definition) is 0. The first-order chi connectivity index (χ1) is 11.1. The zero-order chi connectivity index (χ0) is 16.8. The maximum Gasteiger partial charge on any atom is 0.299 e. The maximum absolute atomic E-state index is 13.2. The highest BCUT2D eigenvalue weighted by molar-refractivity contribution is 6.75. The van der Waals surface area contributed by atoms with Crippen molar-refractivity contribution in [2.75, 3.05) is 0 Å². The predicted molar refractivity (Wildman–Crippen MR) is 99.0 cm³/mol. The first kappa shape index (κ1) is 18.2. The van der Waals surface area contributed by atoms with Crippen molar-refractivity contribution in [3.8, 4) is 0 Å². The van der Waals surface area contributed by atoms with Crippen LogP contribution in [0.5, 0.6) is 0 Å². The normalized spacial score (nSPS) is 17.7. The molecule has 0 saturated heterocycles. The molecule has 0 bridgehead atoms. The molecule has 1 aromatic rings. The van der Waals surface area contributed by atoms with E-state index in [0.717, 1.165) is 50.2 Å². The average molecular weight is 333 g/mol. The summed E-state index contributed by atoms with van der Waals surface area (Å²) in [7, 11) is -1.88. The van der Waals surface area contributed by atoms with Crippen molar-refractivity contribution < 1.29 is 9.22 Å². The van der Waals surface area contributed by atoms with Crippen molar-refractivity contribution in [3.05, 3.63) is 35.9 Å². The van der Waals surface area contributed by atoms with E-state index >= 15 is 0 Å². The summed E-state index contributed by atoms with van der Waals surface area (Å²) in [6.07, 6.45) is 6.38. The van der Waals surface area contributed by atoms with Crippen LogP contribution in [0.15, 0.2) is 30.3 Å². The van der Waals surface area contributed by atoms with Gasteiger partial charge in [-0.05, 0) is 43.0 Å². The van der Waals surface area contributed by atoms with Crippen molar-refractivity contribution in [3.63, 3.8) is 0 Å². The van der Waals surface area contributed by atoms with E-state index in [0.29, 0.717) is 0 Å². The molecule has 2 rings (SSSR count). The summed E-state index contributed by atoms with van der Waals surface area (Å²) >= 11 is 0. The minimum atomic E-state index is -1.88. The van der Waals surface area contributed by atoms with Crippen LogP contribution in [-0.2, 0) is 15.6 Å². The summed E-state index contributed by atoms with van der Waals surface area (Å²) in [5.41, 5.74) is 0.986. The molecule has 0 N–H and O–H groups in total. The van der Waals surface area contributed by atoms with Gasteiger partial charge in [0.05, 0.1) is 5.41 Å². The molecule has 0 aliphatic heterocycles. The third kappa shape index (κ3) is 4.26. The SMILES string of the molecule is CC[Si](CC)(CC)OC(=O)C1(Cc2ccccc2)CCCCC1. The van der Waals surface area contributed by atoms with Crippen LogP contribution in [0.3, 0.4) is 0 Å². The van der Waals surface area contributed by atoms with Crippen molar-refractivity contribution in [2.45, 2.75) is 77.4 Å². The highest BCUT2D eigenvalue weighted by atomic mass is 28.4. The lowest BCUT2D eigenvalue weighted by molar-refractivity contribution is -0.149. The summed E-state index contributed by atoms with van der Waals surface area (Å²) in [4.78, 5) is 13.2. The van der Waals surface area contributed by atoms with E-state index in [-0.39, 0.29) is 11.4 Å². The first-order valence-corrected chi connectivity index (χ1v) is 11.9. The second-order valence-electron chi connectivity index (χ2n) is 7.14. The third-order valence-electron chi connectivity index (χ3n) is 5.87. The highest BCUT2D eigenvalue weighted by Gasteiger charge is 2.44. The van der Waals surface area contributed by atoms with Crippen LogP contribution >= 0.6 is 0 Å². The van der Waals surface area contributed by atoms with Gasteiger partial charge in [-0.25, -0.2) is 0 Å². The zero-order valence-corrected chi connectivity index (χ0v) is 16.1. The van der Waals surface area contributed by atoms with Gasteiger partial charge in [-0.15, -0.1) is 0 Å². The van der Waals surface area contributed by atoms with Gasteiger partial charge in [-0.2, -0.15) is 0 Å². The number of hydrogen-bond acceptors (Lipinski definition) is 2. The van der Waals surface area contributed by atoms with Crippen molar-refractivity contribution in [2.24, 2.45) is 5.41 Å². The lowest BCUT2D eigenvalue weighted by Crippen LogP contribution is -2.46. The Bertz CT molecular complexity index is 479. The summed E-state index contributed by atoms with van der Waals surface area (Å²) in [5, 5.41) is 0. The maximum atomic E-state index is 13.2. The lowest BCUT2D eigenvalue weighted by atomic mass is 9.70. The quantitative estimate of drug-likeness (QED) is 0.596. The Balaban J connectivity index is 2.21. The van der Waals surface area contributed by atoms with Crippen molar-refractivity contribution in [1.29, 1.82) is 0 Å². The smallest absolute Gasteiger partial charge is 0.299 e. The van der Waals surface area contributed by atoms with E-state index in [9.17, 15) is 4.79 Å². The topological polar surface area (TPSA) is 26.3 Å². The Morgan fingerprint density at radius 2 is 1.57 bits per heavy atom. The molecule has 1 aromatic carbocycles.